The predicted octanol–water partition coefficient (Wildman–Crippen LogP) is 3.42. The molecule has 0 saturated heterocycles. The number of pyridine rings is 1. The molecule has 0 aliphatic rings. The summed E-state index contributed by atoms with van der Waals surface area (Å²) in [6.45, 7) is 2.57. The Morgan fingerprint density at radius 1 is 1.37 bits per heavy atom. The van der Waals surface area contributed by atoms with E-state index in [0.29, 0.717) is 23.1 Å². The molecule has 0 spiro atoms. The Morgan fingerprint density at radius 2 is 2.16 bits per heavy atom. The highest BCUT2D eigenvalue weighted by Crippen LogP contribution is 2.19. The average molecular weight is 280 g/mol. The van der Waals surface area contributed by atoms with E-state index in [4.69, 9.17) is 17.3 Å². The fraction of sp³-hybridized carbons (Fsp3) is 0.214. The molecule has 0 aliphatic carbocycles. The van der Waals surface area contributed by atoms with Gasteiger partial charge in [0.05, 0.1) is 10.7 Å². The van der Waals surface area contributed by atoms with Gasteiger partial charge in [-0.3, -0.25) is 0 Å². The third-order valence-corrected chi connectivity index (χ3v) is 3.08. The number of anilines is 2. The summed E-state index contributed by atoms with van der Waals surface area (Å²) < 4.78 is 13.0. The van der Waals surface area contributed by atoms with Crippen molar-refractivity contribution in [2.45, 2.75) is 13.3 Å². The van der Waals surface area contributed by atoms with Gasteiger partial charge in [0.2, 0.25) is 0 Å². The van der Waals surface area contributed by atoms with Crippen LogP contribution in [0.3, 0.4) is 0 Å². The van der Waals surface area contributed by atoms with E-state index in [1.165, 1.54) is 12.1 Å². The van der Waals surface area contributed by atoms with E-state index in [1.807, 2.05) is 6.92 Å². The van der Waals surface area contributed by atoms with Crippen LogP contribution in [-0.2, 0) is 6.42 Å². The first-order valence-corrected chi connectivity index (χ1v) is 6.34. The molecule has 19 heavy (non-hydrogen) atoms. The molecule has 1 aromatic heterocycles. The number of nitrogen functional groups attached to an aromatic ring is 1. The minimum atomic E-state index is -0.210. The molecule has 0 amide bonds. The van der Waals surface area contributed by atoms with Gasteiger partial charge in [-0.05, 0) is 42.7 Å². The van der Waals surface area contributed by atoms with Gasteiger partial charge in [0.25, 0.3) is 0 Å². The van der Waals surface area contributed by atoms with Crippen molar-refractivity contribution in [3.05, 3.63) is 52.4 Å². The Balaban J connectivity index is 1.96. The number of aromatic nitrogens is 1. The van der Waals surface area contributed by atoms with Crippen molar-refractivity contribution in [3.8, 4) is 0 Å². The molecule has 0 radical (unpaired) electrons. The minimum Gasteiger partial charge on any atom is -0.396 e. The summed E-state index contributed by atoms with van der Waals surface area (Å²) in [4.78, 5) is 4.12. The zero-order chi connectivity index (χ0) is 13.8. The van der Waals surface area contributed by atoms with Crippen LogP contribution < -0.4 is 11.1 Å². The minimum absolute atomic E-state index is 0.210. The highest BCUT2D eigenvalue weighted by molar-refractivity contribution is 6.30. The topological polar surface area (TPSA) is 50.9 Å². The van der Waals surface area contributed by atoms with Gasteiger partial charge < -0.3 is 11.1 Å². The van der Waals surface area contributed by atoms with Crippen LogP contribution >= 0.6 is 11.6 Å². The molecular weight excluding hydrogens is 265 g/mol. The molecule has 1 heterocycles. The molecule has 0 saturated carbocycles. The average Bonchev–Trinajstić information content (AvgIpc) is 2.34. The van der Waals surface area contributed by atoms with Gasteiger partial charge in [-0.2, -0.15) is 0 Å². The van der Waals surface area contributed by atoms with Gasteiger partial charge in [-0.15, -0.1) is 0 Å². The molecule has 100 valence electrons. The first kappa shape index (κ1) is 13.6. The number of hydrogen-bond donors (Lipinski definition) is 2. The van der Waals surface area contributed by atoms with Gasteiger partial charge >= 0.3 is 0 Å². The van der Waals surface area contributed by atoms with Crippen molar-refractivity contribution in [3.63, 3.8) is 0 Å². The van der Waals surface area contributed by atoms with Crippen LogP contribution in [0, 0.1) is 12.7 Å². The number of rotatable bonds is 4. The summed E-state index contributed by atoms with van der Waals surface area (Å²) in [5.41, 5.74) is 8.35. The van der Waals surface area contributed by atoms with Crippen LogP contribution in [0.2, 0.25) is 5.02 Å². The maximum absolute atomic E-state index is 13.0. The fourth-order valence-corrected chi connectivity index (χ4v) is 2.02. The van der Waals surface area contributed by atoms with Crippen molar-refractivity contribution >= 4 is 23.1 Å². The maximum atomic E-state index is 13.0. The van der Waals surface area contributed by atoms with Crippen molar-refractivity contribution in [2.75, 3.05) is 17.6 Å². The van der Waals surface area contributed by atoms with Crippen LogP contribution in [-0.4, -0.2) is 11.5 Å². The van der Waals surface area contributed by atoms with Crippen LogP contribution in [0.4, 0.5) is 15.9 Å². The van der Waals surface area contributed by atoms with Crippen LogP contribution in [0.15, 0.2) is 30.5 Å². The standard InChI is InChI=1S/C14H15ClFN3/c1-9-6-12(16)3-2-10(9)4-5-18-14-13(17)7-11(15)8-19-14/h2-3,6-8H,4-5,17H2,1H3,(H,18,19). The van der Waals surface area contributed by atoms with Crippen molar-refractivity contribution < 1.29 is 4.39 Å². The van der Waals surface area contributed by atoms with Gasteiger partial charge in [0.1, 0.15) is 11.6 Å². The van der Waals surface area contributed by atoms with Crippen molar-refractivity contribution in [2.24, 2.45) is 0 Å². The molecule has 3 nitrogen and oxygen atoms in total. The van der Waals surface area contributed by atoms with E-state index in [2.05, 4.69) is 10.3 Å². The summed E-state index contributed by atoms with van der Waals surface area (Å²) in [5, 5.41) is 3.65. The predicted molar refractivity (Wildman–Crippen MR) is 77.0 cm³/mol. The number of nitrogens with one attached hydrogen (secondary N) is 1. The number of benzene rings is 1. The van der Waals surface area contributed by atoms with Crippen molar-refractivity contribution in [1.82, 2.24) is 4.98 Å². The lowest BCUT2D eigenvalue weighted by Gasteiger charge is -2.10. The molecule has 0 fully saturated rings. The van der Waals surface area contributed by atoms with E-state index in [0.717, 1.165) is 17.5 Å². The molecule has 0 aliphatic heterocycles. The smallest absolute Gasteiger partial charge is 0.149 e. The molecule has 5 heteroatoms. The van der Waals surface area contributed by atoms with Gasteiger partial charge in [-0.25, -0.2) is 9.37 Å². The maximum Gasteiger partial charge on any atom is 0.149 e. The third kappa shape index (κ3) is 3.58. The first-order valence-electron chi connectivity index (χ1n) is 5.96. The lowest BCUT2D eigenvalue weighted by atomic mass is 10.1. The van der Waals surface area contributed by atoms with Crippen molar-refractivity contribution in [1.29, 1.82) is 0 Å². The highest BCUT2D eigenvalue weighted by Gasteiger charge is 2.03. The van der Waals surface area contributed by atoms with Crippen LogP contribution in [0.1, 0.15) is 11.1 Å². The largest absolute Gasteiger partial charge is 0.396 e. The van der Waals surface area contributed by atoms with E-state index in [9.17, 15) is 4.39 Å². The Bertz CT molecular complexity index is 535. The van der Waals surface area contributed by atoms with Crippen LogP contribution in [0.25, 0.3) is 0 Å². The summed E-state index contributed by atoms with van der Waals surface area (Å²) in [6, 6.07) is 6.45. The van der Waals surface area contributed by atoms with E-state index >= 15 is 0 Å². The van der Waals surface area contributed by atoms with Crippen LogP contribution in [0.5, 0.6) is 0 Å². The summed E-state index contributed by atoms with van der Waals surface area (Å²) in [5.74, 6) is 0.405. The Hall–Kier alpha value is -1.81. The molecule has 2 rings (SSSR count). The molecule has 1 aromatic carbocycles. The molecule has 0 unspecified atom stereocenters. The molecule has 0 atom stereocenters. The van der Waals surface area contributed by atoms with E-state index < -0.39 is 0 Å². The lowest BCUT2D eigenvalue weighted by molar-refractivity contribution is 0.625. The van der Waals surface area contributed by atoms with Gasteiger partial charge in [0, 0.05) is 12.7 Å². The second kappa shape index (κ2) is 5.89. The number of aryl methyl sites for hydroxylation is 1. The van der Waals surface area contributed by atoms with Gasteiger partial charge in [-0.1, -0.05) is 17.7 Å². The molecule has 2 aromatic rings. The molecular formula is C14H15ClFN3. The van der Waals surface area contributed by atoms with E-state index in [-0.39, 0.29) is 5.82 Å². The first-order chi connectivity index (χ1) is 9.06. The summed E-state index contributed by atoms with van der Waals surface area (Å²) in [6.07, 6.45) is 2.32. The summed E-state index contributed by atoms with van der Waals surface area (Å²) in [7, 11) is 0. The number of nitrogens with two attached hydrogens (primary N) is 1. The Kier molecular flexibility index (Phi) is 4.22. The zero-order valence-electron chi connectivity index (χ0n) is 10.6. The highest BCUT2D eigenvalue weighted by atomic mass is 35.5. The number of hydrogen-bond acceptors (Lipinski definition) is 3. The summed E-state index contributed by atoms with van der Waals surface area (Å²) >= 11 is 5.78. The quantitative estimate of drug-likeness (QED) is 0.902. The lowest BCUT2D eigenvalue weighted by Crippen LogP contribution is -2.09. The fourth-order valence-electron chi connectivity index (χ4n) is 1.86. The van der Waals surface area contributed by atoms with Gasteiger partial charge in [0.15, 0.2) is 0 Å². The Labute approximate surface area is 116 Å². The second-order valence-electron chi connectivity index (χ2n) is 4.34. The molecule has 3 N–H and O–H groups in total. The SMILES string of the molecule is Cc1cc(F)ccc1CCNc1ncc(Cl)cc1N. The Morgan fingerprint density at radius 3 is 2.84 bits per heavy atom. The molecule has 0 bridgehead atoms. The number of halogens is 2. The monoisotopic (exact) mass is 279 g/mol. The third-order valence-electron chi connectivity index (χ3n) is 2.88. The zero-order valence-corrected chi connectivity index (χ0v) is 11.3. The number of nitrogens with zero attached hydrogens (tertiary/aromatic N) is 1. The van der Waals surface area contributed by atoms with E-state index in [1.54, 1.807) is 18.3 Å². The second-order valence-corrected chi connectivity index (χ2v) is 4.78. The normalized spacial score (nSPS) is 10.5.